The molecule has 0 aromatic carbocycles. The number of hydrogen-bond acceptors (Lipinski definition) is 2. The van der Waals surface area contributed by atoms with Gasteiger partial charge in [-0.15, -0.1) is 0 Å². The van der Waals surface area contributed by atoms with E-state index in [0.717, 1.165) is 6.54 Å². The van der Waals surface area contributed by atoms with Gasteiger partial charge in [0, 0.05) is 12.6 Å². The monoisotopic (exact) mass is 184 g/mol. The number of piperidine rings is 1. The number of carbonyl (C=O) groups excluding carboxylic acids is 1. The first-order valence-corrected chi connectivity index (χ1v) is 5.03. The lowest BCUT2D eigenvalue weighted by molar-refractivity contribution is -0.120. The molecule has 1 saturated heterocycles. The number of rotatable bonds is 2. The van der Waals surface area contributed by atoms with Crippen LogP contribution in [0.4, 0.5) is 0 Å². The highest BCUT2D eigenvalue weighted by Crippen LogP contribution is 2.26. The first kappa shape index (κ1) is 10.5. The average molecular weight is 184 g/mol. The summed E-state index contributed by atoms with van der Waals surface area (Å²) in [5.41, 5.74) is 5.20. The van der Waals surface area contributed by atoms with Crippen LogP contribution in [0.1, 0.15) is 27.2 Å². The molecule has 0 bridgehead atoms. The van der Waals surface area contributed by atoms with Gasteiger partial charge in [-0.3, -0.25) is 9.69 Å². The third-order valence-electron chi connectivity index (χ3n) is 3.08. The van der Waals surface area contributed by atoms with Crippen molar-refractivity contribution in [3.63, 3.8) is 0 Å². The first-order chi connectivity index (χ1) is 6.00. The van der Waals surface area contributed by atoms with Crippen molar-refractivity contribution in [2.45, 2.75) is 33.2 Å². The molecular formula is C10H20N2O. The molecule has 0 saturated carbocycles. The van der Waals surface area contributed by atoms with Gasteiger partial charge in [-0.05, 0) is 25.2 Å². The fourth-order valence-electron chi connectivity index (χ4n) is 2.24. The molecule has 1 fully saturated rings. The van der Waals surface area contributed by atoms with Crippen molar-refractivity contribution >= 4 is 5.91 Å². The number of nitrogens with zero attached hydrogens (tertiary/aromatic N) is 1. The van der Waals surface area contributed by atoms with Crippen LogP contribution in [0.5, 0.6) is 0 Å². The summed E-state index contributed by atoms with van der Waals surface area (Å²) in [4.78, 5) is 13.0. The maximum Gasteiger partial charge on any atom is 0.231 e. The van der Waals surface area contributed by atoms with Gasteiger partial charge in [0.1, 0.15) is 0 Å². The largest absolute Gasteiger partial charge is 0.369 e. The lowest BCUT2D eigenvalue weighted by Crippen LogP contribution is -2.48. The summed E-state index contributed by atoms with van der Waals surface area (Å²) in [6, 6.07) is 0.490. The van der Waals surface area contributed by atoms with Crippen molar-refractivity contribution < 1.29 is 4.79 Å². The molecular weight excluding hydrogens is 164 g/mol. The van der Waals surface area contributed by atoms with Crippen LogP contribution in [0.3, 0.4) is 0 Å². The molecule has 3 heteroatoms. The zero-order valence-electron chi connectivity index (χ0n) is 8.79. The number of amides is 1. The van der Waals surface area contributed by atoms with Gasteiger partial charge in [0.25, 0.3) is 0 Å². The standard InChI is InChI=1S/C10H20N2O/c1-7-4-8(2)9(3)12(5-7)6-10(11)13/h7-9H,4-6H2,1-3H3,(H2,11,13). The van der Waals surface area contributed by atoms with E-state index in [4.69, 9.17) is 5.73 Å². The van der Waals surface area contributed by atoms with Gasteiger partial charge in [-0.1, -0.05) is 13.8 Å². The van der Waals surface area contributed by atoms with Crippen molar-refractivity contribution in [2.75, 3.05) is 13.1 Å². The molecule has 1 amide bonds. The Kier molecular flexibility index (Phi) is 3.31. The number of likely N-dealkylation sites (tertiary alicyclic amines) is 1. The molecule has 1 aliphatic heterocycles. The second-order valence-electron chi connectivity index (χ2n) is 4.45. The zero-order valence-corrected chi connectivity index (χ0v) is 8.79. The fraction of sp³-hybridized carbons (Fsp3) is 0.900. The van der Waals surface area contributed by atoms with E-state index in [1.54, 1.807) is 0 Å². The van der Waals surface area contributed by atoms with Crippen LogP contribution in [-0.4, -0.2) is 29.9 Å². The molecule has 76 valence electrons. The topological polar surface area (TPSA) is 46.3 Å². The van der Waals surface area contributed by atoms with E-state index >= 15 is 0 Å². The van der Waals surface area contributed by atoms with Crippen molar-refractivity contribution in [3.8, 4) is 0 Å². The fourth-order valence-corrected chi connectivity index (χ4v) is 2.24. The highest BCUT2D eigenvalue weighted by molar-refractivity contribution is 5.75. The summed E-state index contributed by atoms with van der Waals surface area (Å²) in [5.74, 6) is 1.14. The second-order valence-corrected chi connectivity index (χ2v) is 4.45. The maximum absolute atomic E-state index is 10.8. The quantitative estimate of drug-likeness (QED) is 0.691. The van der Waals surface area contributed by atoms with Crippen LogP contribution in [0.25, 0.3) is 0 Å². The Morgan fingerprint density at radius 3 is 2.62 bits per heavy atom. The number of nitrogens with two attached hydrogens (primary N) is 1. The van der Waals surface area contributed by atoms with E-state index in [-0.39, 0.29) is 5.91 Å². The summed E-state index contributed by atoms with van der Waals surface area (Å²) in [6.07, 6.45) is 1.26. The summed E-state index contributed by atoms with van der Waals surface area (Å²) in [5, 5.41) is 0. The lowest BCUT2D eigenvalue weighted by Gasteiger charge is -2.40. The molecule has 1 aliphatic rings. The average Bonchev–Trinajstić information content (AvgIpc) is 1.98. The minimum absolute atomic E-state index is 0.215. The molecule has 13 heavy (non-hydrogen) atoms. The Balaban J connectivity index is 2.55. The highest BCUT2D eigenvalue weighted by atomic mass is 16.1. The van der Waals surface area contributed by atoms with Gasteiger partial charge in [0.05, 0.1) is 6.54 Å². The van der Waals surface area contributed by atoms with Gasteiger partial charge >= 0.3 is 0 Å². The van der Waals surface area contributed by atoms with Crippen molar-refractivity contribution in [3.05, 3.63) is 0 Å². The first-order valence-electron chi connectivity index (χ1n) is 5.03. The SMILES string of the molecule is CC1CC(C)C(C)N(CC(N)=O)C1. The number of primary amides is 1. The molecule has 0 radical (unpaired) electrons. The molecule has 3 unspecified atom stereocenters. The Bertz CT molecular complexity index is 193. The lowest BCUT2D eigenvalue weighted by atomic mass is 9.86. The van der Waals surface area contributed by atoms with Crippen LogP contribution in [-0.2, 0) is 4.79 Å². The number of carbonyl (C=O) groups is 1. The predicted octanol–water partition coefficient (Wildman–Crippen LogP) is 0.838. The molecule has 3 atom stereocenters. The minimum atomic E-state index is -0.215. The van der Waals surface area contributed by atoms with Crippen LogP contribution < -0.4 is 5.73 Å². The van der Waals surface area contributed by atoms with Crippen molar-refractivity contribution in [1.82, 2.24) is 4.90 Å². The summed E-state index contributed by atoms with van der Waals surface area (Å²) < 4.78 is 0. The smallest absolute Gasteiger partial charge is 0.231 e. The van der Waals surface area contributed by atoms with Gasteiger partial charge in [-0.25, -0.2) is 0 Å². The highest BCUT2D eigenvalue weighted by Gasteiger charge is 2.29. The molecule has 0 aliphatic carbocycles. The van der Waals surface area contributed by atoms with Crippen LogP contribution in [0.15, 0.2) is 0 Å². The molecule has 0 spiro atoms. The van der Waals surface area contributed by atoms with E-state index in [1.165, 1.54) is 6.42 Å². The van der Waals surface area contributed by atoms with Crippen molar-refractivity contribution in [1.29, 1.82) is 0 Å². The Morgan fingerprint density at radius 1 is 1.46 bits per heavy atom. The van der Waals surface area contributed by atoms with E-state index in [9.17, 15) is 4.79 Å². The van der Waals surface area contributed by atoms with Gasteiger partial charge in [-0.2, -0.15) is 0 Å². The zero-order chi connectivity index (χ0) is 10.0. The minimum Gasteiger partial charge on any atom is -0.369 e. The molecule has 1 heterocycles. The normalized spacial score (nSPS) is 36.1. The maximum atomic E-state index is 10.8. The second kappa shape index (κ2) is 4.09. The van der Waals surface area contributed by atoms with E-state index in [0.29, 0.717) is 24.4 Å². The van der Waals surface area contributed by atoms with Crippen molar-refractivity contribution in [2.24, 2.45) is 17.6 Å². The van der Waals surface area contributed by atoms with E-state index < -0.39 is 0 Å². The molecule has 2 N–H and O–H groups in total. The predicted molar refractivity (Wildman–Crippen MR) is 53.2 cm³/mol. The van der Waals surface area contributed by atoms with E-state index in [2.05, 4.69) is 25.7 Å². The van der Waals surface area contributed by atoms with Gasteiger partial charge < -0.3 is 5.73 Å². The van der Waals surface area contributed by atoms with E-state index in [1.807, 2.05) is 0 Å². The third-order valence-corrected chi connectivity index (χ3v) is 3.08. The molecule has 1 rings (SSSR count). The van der Waals surface area contributed by atoms with Crippen LogP contribution >= 0.6 is 0 Å². The van der Waals surface area contributed by atoms with Gasteiger partial charge in [0.15, 0.2) is 0 Å². The number of hydrogen-bond donors (Lipinski definition) is 1. The third kappa shape index (κ3) is 2.69. The molecule has 0 aromatic heterocycles. The Labute approximate surface area is 80.3 Å². The molecule has 0 aromatic rings. The summed E-state index contributed by atoms with van der Waals surface area (Å²) in [7, 11) is 0. The van der Waals surface area contributed by atoms with Gasteiger partial charge in [0.2, 0.25) is 5.91 Å². The molecule has 3 nitrogen and oxygen atoms in total. The summed E-state index contributed by atoms with van der Waals surface area (Å²) in [6.45, 7) is 8.08. The van der Waals surface area contributed by atoms with Crippen LogP contribution in [0.2, 0.25) is 0 Å². The van der Waals surface area contributed by atoms with Crippen LogP contribution in [0, 0.1) is 11.8 Å². The Morgan fingerprint density at radius 2 is 2.08 bits per heavy atom. The summed E-state index contributed by atoms with van der Waals surface area (Å²) >= 11 is 0. The Hall–Kier alpha value is -0.570.